The number of furan rings is 1. The average Bonchev–Trinajstić information content (AvgIpc) is 2.99. The number of halogens is 2. The van der Waals surface area contributed by atoms with Crippen molar-refractivity contribution >= 4 is 27.9 Å². The fourth-order valence-corrected chi connectivity index (χ4v) is 2.67. The van der Waals surface area contributed by atoms with Crippen LogP contribution in [0.25, 0.3) is 22.1 Å². The summed E-state index contributed by atoms with van der Waals surface area (Å²) in [4.78, 5) is 8.50. The summed E-state index contributed by atoms with van der Waals surface area (Å²) in [7, 11) is 0. The molecule has 0 fully saturated rings. The van der Waals surface area contributed by atoms with Crippen LogP contribution in [0, 0.1) is 0 Å². The molecule has 0 aliphatic heterocycles. The molecule has 1 N–H and O–H groups in total. The van der Waals surface area contributed by atoms with Gasteiger partial charge in [-0.05, 0) is 29.8 Å². The zero-order valence-corrected chi connectivity index (χ0v) is 12.9. The van der Waals surface area contributed by atoms with Crippen LogP contribution in [0.5, 0.6) is 5.75 Å². The van der Waals surface area contributed by atoms with Crippen molar-refractivity contribution in [3.8, 4) is 5.75 Å². The maximum Gasteiger partial charge on any atom is 0.387 e. The van der Waals surface area contributed by atoms with Gasteiger partial charge in [-0.3, -0.25) is 0 Å². The fourth-order valence-electron chi connectivity index (χ4n) is 2.67. The Morgan fingerprint density at radius 3 is 2.84 bits per heavy atom. The lowest BCUT2D eigenvalue weighted by Gasteiger charge is -2.08. The van der Waals surface area contributed by atoms with Crippen LogP contribution >= 0.6 is 0 Å². The lowest BCUT2D eigenvalue weighted by Crippen LogP contribution is -2.04. The highest BCUT2D eigenvalue weighted by Gasteiger charge is 2.12. The smallest absolute Gasteiger partial charge is 0.387 e. The molecule has 0 saturated heterocycles. The number of rotatable bonds is 5. The van der Waals surface area contributed by atoms with Gasteiger partial charge in [0.2, 0.25) is 0 Å². The summed E-state index contributed by atoms with van der Waals surface area (Å²) in [6, 6.07) is 14.1. The van der Waals surface area contributed by atoms with Gasteiger partial charge in [-0.25, -0.2) is 9.97 Å². The number of hydrogen-bond donors (Lipinski definition) is 1. The van der Waals surface area contributed by atoms with Crippen LogP contribution < -0.4 is 10.1 Å². The number of ether oxygens (including phenoxy) is 1. The first-order chi connectivity index (χ1) is 12.2. The second kappa shape index (κ2) is 6.35. The Hall–Kier alpha value is -3.22. The van der Waals surface area contributed by atoms with E-state index in [9.17, 15) is 8.78 Å². The molecule has 0 saturated carbocycles. The lowest BCUT2D eigenvalue weighted by molar-refractivity contribution is -0.0498. The summed E-state index contributed by atoms with van der Waals surface area (Å²) in [5.74, 6) is 0.659. The third kappa shape index (κ3) is 3.08. The summed E-state index contributed by atoms with van der Waals surface area (Å²) in [6.45, 7) is -2.47. The van der Waals surface area contributed by atoms with E-state index in [0.29, 0.717) is 17.9 Å². The van der Waals surface area contributed by atoms with E-state index < -0.39 is 6.61 Å². The zero-order valence-electron chi connectivity index (χ0n) is 12.9. The highest BCUT2D eigenvalue weighted by atomic mass is 19.3. The first-order valence-electron chi connectivity index (χ1n) is 7.60. The lowest BCUT2D eigenvalue weighted by atomic mass is 10.2. The number of alkyl halides is 2. The van der Waals surface area contributed by atoms with Crippen LogP contribution in [0.1, 0.15) is 5.56 Å². The molecule has 0 aliphatic rings. The van der Waals surface area contributed by atoms with Crippen molar-refractivity contribution in [2.24, 2.45) is 0 Å². The summed E-state index contributed by atoms with van der Waals surface area (Å²) in [6.07, 6.45) is 1.46. The zero-order chi connectivity index (χ0) is 17.2. The van der Waals surface area contributed by atoms with E-state index in [1.807, 2.05) is 30.3 Å². The Morgan fingerprint density at radius 2 is 1.96 bits per heavy atom. The van der Waals surface area contributed by atoms with Crippen LogP contribution in [-0.2, 0) is 6.54 Å². The van der Waals surface area contributed by atoms with Crippen LogP contribution in [-0.4, -0.2) is 16.6 Å². The van der Waals surface area contributed by atoms with Gasteiger partial charge in [0.15, 0.2) is 11.4 Å². The normalized spacial score (nSPS) is 11.3. The van der Waals surface area contributed by atoms with E-state index in [1.54, 1.807) is 12.1 Å². The monoisotopic (exact) mass is 341 g/mol. The van der Waals surface area contributed by atoms with Gasteiger partial charge in [0.1, 0.15) is 23.2 Å². The van der Waals surface area contributed by atoms with Crippen molar-refractivity contribution < 1.29 is 17.9 Å². The maximum atomic E-state index is 12.3. The first kappa shape index (κ1) is 15.3. The first-order valence-corrected chi connectivity index (χ1v) is 7.60. The van der Waals surface area contributed by atoms with Crippen LogP contribution in [0.2, 0.25) is 0 Å². The molecule has 2 aromatic carbocycles. The Balaban J connectivity index is 1.61. The molecule has 4 rings (SSSR count). The maximum absolute atomic E-state index is 12.3. The molecule has 0 unspecified atom stereocenters. The minimum Gasteiger partial charge on any atom is -0.450 e. The number of para-hydroxylation sites is 1. The third-order valence-electron chi connectivity index (χ3n) is 3.74. The van der Waals surface area contributed by atoms with Gasteiger partial charge in [-0.1, -0.05) is 24.3 Å². The molecule has 25 heavy (non-hydrogen) atoms. The number of benzene rings is 2. The average molecular weight is 341 g/mol. The van der Waals surface area contributed by atoms with Crippen LogP contribution in [0.3, 0.4) is 0 Å². The highest BCUT2D eigenvalue weighted by molar-refractivity contribution is 6.05. The highest BCUT2D eigenvalue weighted by Crippen LogP contribution is 2.30. The number of fused-ring (bicyclic) bond motifs is 3. The summed E-state index contributed by atoms with van der Waals surface area (Å²) < 4.78 is 34.9. The summed E-state index contributed by atoms with van der Waals surface area (Å²) in [5.41, 5.74) is 2.79. The van der Waals surface area contributed by atoms with Crippen molar-refractivity contribution in [1.82, 2.24) is 9.97 Å². The minimum absolute atomic E-state index is 0.117. The van der Waals surface area contributed by atoms with Crippen molar-refractivity contribution in [2.75, 3.05) is 5.32 Å². The summed E-state index contributed by atoms with van der Waals surface area (Å²) >= 11 is 0. The second-order valence-electron chi connectivity index (χ2n) is 5.38. The van der Waals surface area contributed by atoms with Gasteiger partial charge < -0.3 is 14.5 Å². The van der Waals surface area contributed by atoms with Crippen LogP contribution in [0.4, 0.5) is 14.6 Å². The van der Waals surface area contributed by atoms with Crippen molar-refractivity contribution in [3.63, 3.8) is 0 Å². The molecule has 0 radical (unpaired) electrons. The Kier molecular flexibility index (Phi) is 3.89. The van der Waals surface area contributed by atoms with Gasteiger partial charge in [-0.15, -0.1) is 0 Å². The fraction of sp³-hybridized carbons (Fsp3) is 0.111. The summed E-state index contributed by atoms with van der Waals surface area (Å²) in [5, 5.41) is 4.07. The topological polar surface area (TPSA) is 60.2 Å². The standard InChI is InChI=1S/C18H13F2N3O2/c19-18(20)24-12-5-3-4-11(8-12)9-21-17-16-15(22-10-23-17)13-6-1-2-7-14(13)25-16/h1-8,10,18H,9H2,(H,21,22,23). The molecule has 2 heterocycles. The van der Waals surface area contributed by atoms with Crippen molar-refractivity contribution in [2.45, 2.75) is 13.2 Å². The third-order valence-corrected chi connectivity index (χ3v) is 3.74. The van der Waals surface area contributed by atoms with E-state index in [-0.39, 0.29) is 5.75 Å². The molecule has 0 amide bonds. The number of aromatic nitrogens is 2. The van der Waals surface area contributed by atoms with E-state index in [2.05, 4.69) is 20.0 Å². The molecular weight excluding hydrogens is 328 g/mol. The second-order valence-corrected chi connectivity index (χ2v) is 5.38. The van der Waals surface area contributed by atoms with Gasteiger partial charge in [0.25, 0.3) is 0 Å². The molecule has 0 atom stereocenters. The Labute approximate surface area is 141 Å². The molecular formula is C18H13F2N3O2. The Morgan fingerprint density at radius 1 is 1.08 bits per heavy atom. The molecule has 0 bridgehead atoms. The predicted molar refractivity (Wildman–Crippen MR) is 89.7 cm³/mol. The van der Waals surface area contributed by atoms with E-state index in [1.165, 1.54) is 12.4 Å². The van der Waals surface area contributed by atoms with Gasteiger partial charge in [0.05, 0.1) is 0 Å². The molecule has 0 spiro atoms. The molecule has 0 aliphatic carbocycles. The molecule has 7 heteroatoms. The van der Waals surface area contributed by atoms with E-state index in [4.69, 9.17) is 4.42 Å². The largest absolute Gasteiger partial charge is 0.450 e. The van der Waals surface area contributed by atoms with Crippen LogP contribution in [0.15, 0.2) is 59.3 Å². The van der Waals surface area contributed by atoms with Crippen molar-refractivity contribution in [3.05, 3.63) is 60.4 Å². The minimum atomic E-state index is -2.85. The van der Waals surface area contributed by atoms with Gasteiger partial charge in [-0.2, -0.15) is 8.78 Å². The molecule has 2 aromatic heterocycles. The number of anilines is 1. The molecule has 4 aromatic rings. The molecule has 126 valence electrons. The van der Waals surface area contributed by atoms with Gasteiger partial charge in [0, 0.05) is 11.9 Å². The number of nitrogens with zero attached hydrogens (tertiary/aromatic N) is 2. The van der Waals surface area contributed by atoms with Gasteiger partial charge >= 0.3 is 6.61 Å². The number of hydrogen-bond acceptors (Lipinski definition) is 5. The van der Waals surface area contributed by atoms with E-state index in [0.717, 1.165) is 22.0 Å². The SMILES string of the molecule is FC(F)Oc1cccc(CNc2ncnc3c2oc2ccccc23)c1. The van der Waals surface area contributed by atoms with Crippen molar-refractivity contribution in [1.29, 1.82) is 0 Å². The predicted octanol–water partition coefficient (Wildman–Crippen LogP) is 4.59. The quantitative estimate of drug-likeness (QED) is 0.575. The van der Waals surface area contributed by atoms with E-state index >= 15 is 0 Å². The Bertz CT molecular complexity index is 1030. The number of nitrogens with one attached hydrogen (secondary N) is 1. The molecule has 5 nitrogen and oxygen atoms in total.